The van der Waals surface area contributed by atoms with E-state index < -0.39 is 10.0 Å². The Kier molecular flexibility index (Phi) is 7.84. The van der Waals surface area contributed by atoms with E-state index in [0.717, 1.165) is 24.2 Å². The third-order valence-electron chi connectivity index (χ3n) is 4.87. The summed E-state index contributed by atoms with van der Waals surface area (Å²) in [7, 11) is -3.51. The highest BCUT2D eigenvalue weighted by Gasteiger charge is 2.26. The van der Waals surface area contributed by atoms with Crippen LogP contribution in [0.2, 0.25) is 0 Å². The number of carbonyl (C=O) groups excluding carboxylic acids is 1. The van der Waals surface area contributed by atoms with Gasteiger partial charge in [0.25, 0.3) is 5.91 Å². The van der Waals surface area contributed by atoms with Gasteiger partial charge in [-0.15, -0.1) is 0 Å². The van der Waals surface area contributed by atoms with Crippen molar-refractivity contribution in [1.82, 2.24) is 9.62 Å². The fraction of sp³-hybridized carbons (Fsp3) is 0.409. The van der Waals surface area contributed by atoms with E-state index >= 15 is 0 Å². The largest absolute Gasteiger partial charge is 0.494 e. The van der Waals surface area contributed by atoms with Crippen molar-refractivity contribution in [3.8, 4) is 5.75 Å². The van der Waals surface area contributed by atoms with Gasteiger partial charge in [-0.05, 0) is 48.4 Å². The Labute approximate surface area is 178 Å². The number of amides is 1. The van der Waals surface area contributed by atoms with Crippen LogP contribution in [0.4, 0.5) is 0 Å². The summed E-state index contributed by atoms with van der Waals surface area (Å²) >= 11 is 0. The zero-order valence-corrected chi connectivity index (χ0v) is 18.0. The van der Waals surface area contributed by atoms with E-state index in [1.54, 1.807) is 48.5 Å². The molecule has 7 nitrogen and oxygen atoms in total. The number of morpholine rings is 1. The van der Waals surface area contributed by atoms with E-state index in [1.165, 1.54) is 4.31 Å². The van der Waals surface area contributed by atoms with E-state index in [-0.39, 0.29) is 10.8 Å². The van der Waals surface area contributed by atoms with Crippen molar-refractivity contribution in [1.29, 1.82) is 0 Å². The lowest BCUT2D eigenvalue weighted by molar-refractivity contribution is 0.0730. The van der Waals surface area contributed by atoms with Crippen LogP contribution in [-0.4, -0.2) is 51.5 Å². The number of nitrogens with zero attached hydrogens (tertiary/aromatic N) is 1. The lowest BCUT2D eigenvalue weighted by atomic mass is 10.2. The number of benzene rings is 2. The van der Waals surface area contributed by atoms with Gasteiger partial charge < -0.3 is 14.8 Å². The molecule has 1 aliphatic rings. The number of ether oxygens (including phenoxy) is 2. The first kappa shape index (κ1) is 22.3. The second kappa shape index (κ2) is 10.6. The van der Waals surface area contributed by atoms with Gasteiger partial charge in [-0.25, -0.2) is 8.42 Å². The van der Waals surface area contributed by atoms with E-state index in [0.29, 0.717) is 45.0 Å². The van der Waals surface area contributed by atoms with Gasteiger partial charge in [-0.3, -0.25) is 4.79 Å². The number of hydrogen-bond acceptors (Lipinski definition) is 5. The van der Waals surface area contributed by atoms with Gasteiger partial charge in [0.1, 0.15) is 5.75 Å². The fourth-order valence-corrected chi connectivity index (χ4v) is 4.44. The number of hydrogen-bond donors (Lipinski definition) is 1. The van der Waals surface area contributed by atoms with Gasteiger partial charge in [0.2, 0.25) is 10.0 Å². The first-order valence-electron chi connectivity index (χ1n) is 10.2. The van der Waals surface area contributed by atoms with Gasteiger partial charge in [0.15, 0.2) is 0 Å². The van der Waals surface area contributed by atoms with E-state index in [2.05, 4.69) is 12.2 Å². The molecule has 0 aliphatic carbocycles. The second-order valence-corrected chi connectivity index (χ2v) is 9.01. The number of unbranched alkanes of at least 4 members (excludes halogenated alkanes) is 1. The second-order valence-electron chi connectivity index (χ2n) is 7.07. The molecule has 2 aromatic rings. The molecule has 1 amide bonds. The monoisotopic (exact) mass is 432 g/mol. The molecule has 0 unspecified atom stereocenters. The lowest BCUT2D eigenvalue weighted by Crippen LogP contribution is -2.40. The quantitative estimate of drug-likeness (QED) is 0.616. The molecule has 0 aromatic heterocycles. The van der Waals surface area contributed by atoms with Gasteiger partial charge >= 0.3 is 0 Å². The SMILES string of the molecule is CCCCOc1ccc(C(=O)NCc2ccc(S(=O)(=O)N3CCOCC3)cc2)cc1. The predicted molar refractivity (Wildman–Crippen MR) is 114 cm³/mol. The van der Waals surface area contributed by atoms with Crippen LogP contribution in [0, 0.1) is 0 Å². The molecule has 2 aromatic carbocycles. The van der Waals surface area contributed by atoms with Crippen LogP contribution in [0.1, 0.15) is 35.7 Å². The Morgan fingerprint density at radius 3 is 2.37 bits per heavy atom. The zero-order chi connectivity index (χ0) is 21.4. The van der Waals surface area contributed by atoms with Crippen LogP contribution in [0.3, 0.4) is 0 Å². The molecule has 0 bridgehead atoms. The van der Waals surface area contributed by atoms with Crippen molar-refractivity contribution in [3.63, 3.8) is 0 Å². The summed E-state index contributed by atoms with van der Waals surface area (Å²) < 4.78 is 37.6. The van der Waals surface area contributed by atoms with Gasteiger partial charge in [-0.1, -0.05) is 25.5 Å². The molecule has 1 fully saturated rings. The lowest BCUT2D eigenvalue weighted by Gasteiger charge is -2.26. The Hall–Kier alpha value is -2.42. The molecule has 1 aliphatic heterocycles. The van der Waals surface area contributed by atoms with Crippen LogP contribution in [0.5, 0.6) is 5.75 Å². The minimum Gasteiger partial charge on any atom is -0.494 e. The summed E-state index contributed by atoms with van der Waals surface area (Å²) in [6.07, 6.45) is 2.06. The maximum absolute atomic E-state index is 12.7. The maximum Gasteiger partial charge on any atom is 0.251 e. The number of carbonyl (C=O) groups is 1. The van der Waals surface area contributed by atoms with Gasteiger partial charge in [-0.2, -0.15) is 4.31 Å². The molecule has 0 saturated carbocycles. The molecule has 0 spiro atoms. The minimum absolute atomic E-state index is 0.194. The summed E-state index contributed by atoms with van der Waals surface area (Å²) in [6, 6.07) is 13.6. The van der Waals surface area contributed by atoms with Crippen molar-refractivity contribution in [2.75, 3.05) is 32.9 Å². The Bertz CT molecular complexity index is 921. The van der Waals surface area contributed by atoms with E-state index in [4.69, 9.17) is 9.47 Å². The highest BCUT2D eigenvalue weighted by atomic mass is 32.2. The molecular formula is C22H28N2O5S. The normalized spacial score (nSPS) is 15.0. The molecule has 0 radical (unpaired) electrons. The smallest absolute Gasteiger partial charge is 0.251 e. The molecular weight excluding hydrogens is 404 g/mol. The van der Waals surface area contributed by atoms with Gasteiger partial charge in [0, 0.05) is 25.2 Å². The van der Waals surface area contributed by atoms with E-state index in [9.17, 15) is 13.2 Å². The average Bonchev–Trinajstić information content (AvgIpc) is 2.79. The van der Waals surface area contributed by atoms with Crippen molar-refractivity contribution in [3.05, 3.63) is 59.7 Å². The van der Waals surface area contributed by atoms with Crippen LogP contribution in [0.25, 0.3) is 0 Å². The van der Waals surface area contributed by atoms with Crippen LogP contribution in [-0.2, 0) is 21.3 Å². The first-order chi connectivity index (χ1) is 14.5. The summed E-state index contributed by atoms with van der Waals surface area (Å²) in [6.45, 7) is 4.63. The molecule has 30 heavy (non-hydrogen) atoms. The third kappa shape index (κ3) is 5.81. The Morgan fingerprint density at radius 2 is 1.73 bits per heavy atom. The fourth-order valence-electron chi connectivity index (χ4n) is 3.04. The highest BCUT2D eigenvalue weighted by molar-refractivity contribution is 7.89. The number of nitrogens with one attached hydrogen (secondary N) is 1. The Balaban J connectivity index is 1.53. The molecule has 162 valence electrons. The molecule has 1 heterocycles. The summed E-state index contributed by atoms with van der Waals surface area (Å²) in [5.41, 5.74) is 1.37. The van der Waals surface area contributed by atoms with Crippen molar-refractivity contribution < 1.29 is 22.7 Å². The van der Waals surface area contributed by atoms with Crippen LogP contribution in [0.15, 0.2) is 53.4 Å². The van der Waals surface area contributed by atoms with Gasteiger partial charge in [0.05, 0.1) is 24.7 Å². The Morgan fingerprint density at radius 1 is 1.07 bits per heavy atom. The predicted octanol–water partition coefficient (Wildman–Crippen LogP) is 2.82. The molecule has 8 heteroatoms. The van der Waals surface area contributed by atoms with Crippen molar-refractivity contribution in [2.45, 2.75) is 31.2 Å². The standard InChI is InChI=1S/C22H28N2O5S/c1-2-3-14-29-20-8-6-19(7-9-20)22(25)23-17-18-4-10-21(11-5-18)30(26,27)24-12-15-28-16-13-24/h4-11H,2-3,12-17H2,1H3,(H,23,25). The topological polar surface area (TPSA) is 84.9 Å². The zero-order valence-electron chi connectivity index (χ0n) is 17.2. The molecule has 1 N–H and O–H groups in total. The maximum atomic E-state index is 12.7. The number of rotatable bonds is 9. The van der Waals surface area contributed by atoms with Crippen molar-refractivity contribution >= 4 is 15.9 Å². The third-order valence-corrected chi connectivity index (χ3v) is 6.78. The number of sulfonamides is 1. The summed E-state index contributed by atoms with van der Waals surface area (Å²) in [5.74, 6) is 0.553. The first-order valence-corrected chi connectivity index (χ1v) is 11.6. The summed E-state index contributed by atoms with van der Waals surface area (Å²) in [4.78, 5) is 12.6. The molecule has 3 rings (SSSR count). The van der Waals surface area contributed by atoms with E-state index in [1.807, 2.05) is 0 Å². The van der Waals surface area contributed by atoms with Crippen LogP contribution < -0.4 is 10.1 Å². The minimum atomic E-state index is -3.51. The highest BCUT2D eigenvalue weighted by Crippen LogP contribution is 2.18. The molecule has 0 atom stereocenters. The average molecular weight is 433 g/mol. The van der Waals surface area contributed by atoms with Crippen LogP contribution >= 0.6 is 0 Å². The molecule has 1 saturated heterocycles. The van der Waals surface area contributed by atoms with Crippen molar-refractivity contribution in [2.24, 2.45) is 0 Å². The summed E-state index contributed by atoms with van der Waals surface area (Å²) in [5, 5.41) is 2.85.